The van der Waals surface area contributed by atoms with Crippen LogP contribution in [-0.4, -0.2) is 12.3 Å². The van der Waals surface area contributed by atoms with Gasteiger partial charge in [-0.1, -0.05) is 26.8 Å². The molecule has 1 fully saturated rings. The zero-order valence-electron chi connectivity index (χ0n) is 8.93. The second kappa shape index (κ2) is 2.97. The smallest absolute Gasteiger partial charge is 0.0580 e. The normalized spacial score (nSPS) is 28.1. The fourth-order valence-electron chi connectivity index (χ4n) is 2.50. The third-order valence-corrected chi connectivity index (χ3v) is 3.24. The highest BCUT2D eigenvalue weighted by Crippen LogP contribution is 2.39. The molecule has 1 saturated carbocycles. The van der Waals surface area contributed by atoms with Gasteiger partial charge in [0, 0.05) is 11.6 Å². The monoisotopic (exact) mass is 177 g/mol. The number of hydrogen-bond donors (Lipinski definition) is 0. The molecule has 1 atom stereocenters. The zero-order valence-corrected chi connectivity index (χ0v) is 8.93. The second-order valence-corrected chi connectivity index (χ2v) is 5.27. The van der Waals surface area contributed by atoms with Gasteiger partial charge in [-0.05, 0) is 30.3 Å². The van der Waals surface area contributed by atoms with Crippen molar-refractivity contribution in [1.82, 2.24) is 0 Å². The summed E-state index contributed by atoms with van der Waals surface area (Å²) in [5, 5.41) is 0. The molecule has 0 N–H and O–H groups in total. The Balaban J connectivity index is 2.25. The standard InChI is InChI=1S/C12H19N/c1-12(2,3)10-6-4-5-9-7-8-13-11(9)10/h7,10H,4-6,8H2,1-3H3. The SMILES string of the molecule is CC(C)(C)C1CCCC2=CCN=C21. The van der Waals surface area contributed by atoms with Gasteiger partial charge in [-0.15, -0.1) is 0 Å². The van der Waals surface area contributed by atoms with Crippen molar-refractivity contribution >= 4 is 5.71 Å². The van der Waals surface area contributed by atoms with E-state index in [1.165, 1.54) is 25.0 Å². The molecule has 0 bridgehead atoms. The molecule has 0 radical (unpaired) electrons. The van der Waals surface area contributed by atoms with Crippen LogP contribution in [0.3, 0.4) is 0 Å². The minimum absolute atomic E-state index is 0.392. The average molecular weight is 177 g/mol. The highest BCUT2D eigenvalue weighted by Gasteiger charge is 2.34. The van der Waals surface area contributed by atoms with E-state index in [2.05, 4.69) is 31.8 Å². The lowest BCUT2D eigenvalue weighted by Gasteiger charge is -2.35. The quantitative estimate of drug-likeness (QED) is 0.538. The molecular formula is C12H19N. The summed E-state index contributed by atoms with van der Waals surface area (Å²) in [5.74, 6) is 0.704. The van der Waals surface area contributed by atoms with Crippen molar-refractivity contribution in [2.45, 2.75) is 40.0 Å². The molecule has 0 aromatic heterocycles. The molecule has 1 unspecified atom stereocenters. The van der Waals surface area contributed by atoms with E-state index in [1.54, 1.807) is 5.57 Å². The highest BCUT2D eigenvalue weighted by atomic mass is 14.8. The van der Waals surface area contributed by atoms with Crippen LogP contribution in [0.4, 0.5) is 0 Å². The third kappa shape index (κ3) is 1.56. The van der Waals surface area contributed by atoms with Crippen molar-refractivity contribution in [2.24, 2.45) is 16.3 Å². The summed E-state index contributed by atoms with van der Waals surface area (Å²) < 4.78 is 0. The van der Waals surface area contributed by atoms with Crippen molar-refractivity contribution in [3.05, 3.63) is 11.6 Å². The molecule has 0 spiro atoms. The Labute approximate surface area is 80.9 Å². The van der Waals surface area contributed by atoms with E-state index < -0.39 is 0 Å². The topological polar surface area (TPSA) is 12.4 Å². The predicted molar refractivity (Wildman–Crippen MR) is 57.2 cm³/mol. The molecule has 2 rings (SSSR count). The minimum atomic E-state index is 0.392. The lowest BCUT2D eigenvalue weighted by Crippen LogP contribution is -2.31. The van der Waals surface area contributed by atoms with Crippen LogP contribution >= 0.6 is 0 Å². The Bertz CT molecular complexity index is 265. The van der Waals surface area contributed by atoms with Gasteiger partial charge in [0.2, 0.25) is 0 Å². The molecule has 13 heavy (non-hydrogen) atoms. The van der Waals surface area contributed by atoms with Gasteiger partial charge < -0.3 is 0 Å². The zero-order chi connectivity index (χ0) is 9.47. The van der Waals surface area contributed by atoms with Crippen LogP contribution < -0.4 is 0 Å². The van der Waals surface area contributed by atoms with Crippen molar-refractivity contribution in [3.8, 4) is 0 Å². The lowest BCUT2D eigenvalue weighted by atomic mass is 9.70. The maximum atomic E-state index is 4.63. The summed E-state index contributed by atoms with van der Waals surface area (Å²) in [6.45, 7) is 7.95. The van der Waals surface area contributed by atoms with E-state index in [1.807, 2.05) is 0 Å². The number of hydrogen-bond acceptors (Lipinski definition) is 1. The highest BCUT2D eigenvalue weighted by molar-refractivity contribution is 6.04. The number of aliphatic imine (C=N–C) groups is 1. The van der Waals surface area contributed by atoms with Crippen LogP contribution in [0.25, 0.3) is 0 Å². The van der Waals surface area contributed by atoms with Gasteiger partial charge in [0.1, 0.15) is 0 Å². The maximum absolute atomic E-state index is 4.63. The molecule has 0 aromatic carbocycles. The summed E-state index contributed by atoms with van der Waals surface area (Å²) in [6, 6.07) is 0. The number of allylic oxidation sites excluding steroid dienone is 1. The molecule has 0 aromatic rings. The first-order chi connectivity index (χ1) is 6.09. The third-order valence-electron chi connectivity index (χ3n) is 3.24. The molecule has 1 nitrogen and oxygen atoms in total. The van der Waals surface area contributed by atoms with E-state index in [4.69, 9.17) is 0 Å². The van der Waals surface area contributed by atoms with E-state index >= 15 is 0 Å². The largest absolute Gasteiger partial charge is 0.285 e. The fourth-order valence-corrected chi connectivity index (χ4v) is 2.50. The van der Waals surface area contributed by atoms with Gasteiger partial charge >= 0.3 is 0 Å². The predicted octanol–water partition coefficient (Wildman–Crippen LogP) is 3.21. The Kier molecular flexibility index (Phi) is 2.05. The number of fused-ring (bicyclic) bond motifs is 1. The molecular weight excluding hydrogens is 158 g/mol. The summed E-state index contributed by atoms with van der Waals surface area (Å²) in [7, 11) is 0. The van der Waals surface area contributed by atoms with Crippen molar-refractivity contribution in [2.75, 3.05) is 6.54 Å². The molecule has 1 aliphatic heterocycles. The molecule has 72 valence electrons. The maximum Gasteiger partial charge on any atom is 0.0580 e. The van der Waals surface area contributed by atoms with E-state index in [0.29, 0.717) is 11.3 Å². The van der Waals surface area contributed by atoms with E-state index in [-0.39, 0.29) is 0 Å². The second-order valence-electron chi connectivity index (χ2n) is 5.27. The molecule has 0 amide bonds. The van der Waals surface area contributed by atoms with Crippen LogP contribution in [0.1, 0.15) is 40.0 Å². The number of rotatable bonds is 0. The minimum Gasteiger partial charge on any atom is -0.285 e. The average Bonchev–Trinajstić information content (AvgIpc) is 2.48. The van der Waals surface area contributed by atoms with E-state index in [9.17, 15) is 0 Å². The first-order valence-electron chi connectivity index (χ1n) is 5.33. The Morgan fingerprint density at radius 1 is 1.38 bits per heavy atom. The summed E-state index contributed by atoms with van der Waals surface area (Å²) in [6.07, 6.45) is 6.27. The van der Waals surface area contributed by atoms with Crippen LogP contribution in [0, 0.1) is 11.3 Å². The van der Waals surface area contributed by atoms with Gasteiger partial charge in [0.05, 0.1) is 6.54 Å². The molecule has 1 aliphatic carbocycles. The number of nitrogens with zero attached hydrogens (tertiary/aromatic N) is 1. The molecule has 1 heterocycles. The van der Waals surface area contributed by atoms with Gasteiger partial charge in [-0.3, -0.25) is 4.99 Å². The Hall–Kier alpha value is -0.590. The van der Waals surface area contributed by atoms with Crippen molar-refractivity contribution < 1.29 is 0 Å². The van der Waals surface area contributed by atoms with Crippen LogP contribution in [0.5, 0.6) is 0 Å². The van der Waals surface area contributed by atoms with Gasteiger partial charge in [-0.25, -0.2) is 0 Å². The van der Waals surface area contributed by atoms with Gasteiger partial charge in [0.25, 0.3) is 0 Å². The first-order valence-corrected chi connectivity index (χ1v) is 5.33. The van der Waals surface area contributed by atoms with Crippen molar-refractivity contribution in [3.63, 3.8) is 0 Å². The molecule has 2 aliphatic rings. The van der Waals surface area contributed by atoms with E-state index in [0.717, 1.165) is 6.54 Å². The lowest BCUT2D eigenvalue weighted by molar-refractivity contribution is 0.286. The fraction of sp³-hybridized carbons (Fsp3) is 0.750. The van der Waals surface area contributed by atoms with Crippen molar-refractivity contribution in [1.29, 1.82) is 0 Å². The summed E-state index contributed by atoms with van der Waals surface area (Å²) >= 11 is 0. The first kappa shape index (κ1) is 8.98. The van der Waals surface area contributed by atoms with Gasteiger partial charge in [0.15, 0.2) is 0 Å². The van der Waals surface area contributed by atoms with Crippen LogP contribution in [-0.2, 0) is 0 Å². The molecule has 0 saturated heterocycles. The van der Waals surface area contributed by atoms with Crippen LogP contribution in [0.15, 0.2) is 16.6 Å². The Morgan fingerprint density at radius 3 is 2.85 bits per heavy atom. The Morgan fingerprint density at radius 2 is 2.15 bits per heavy atom. The molecule has 1 heteroatoms. The van der Waals surface area contributed by atoms with Gasteiger partial charge in [-0.2, -0.15) is 0 Å². The summed E-state index contributed by atoms with van der Waals surface area (Å²) in [4.78, 5) is 4.63. The van der Waals surface area contributed by atoms with Crippen LogP contribution in [0.2, 0.25) is 0 Å². The summed E-state index contributed by atoms with van der Waals surface area (Å²) in [5.41, 5.74) is 3.37.